The fraction of sp³-hybridized carbons (Fsp3) is 0.222. The van der Waals surface area contributed by atoms with E-state index in [2.05, 4.69) is 47.9 Å². The molecular weight excluding hydrogens is 354 g/mol. The summed E-state index contributed by atoms with van der Waals surface area (Å²) in [6.07, 6.45) is 0.567. The third kappa shape index (κ3) is 3.00. The van der Waals surface area contributed by atoms with E-state index in [1.165, 1.54) is 5.39 Å². The van der Waals surface area contributed by atoms with E-state index < -0.39 is 6.37 Å². The van der Waals surface area contributed by atoms with Crippen molar-refractivity contribution >= 4 is 32.7 Å². The number of benzene rings is 3. The van der Waals surface area contributed by atoms with Gasteiger partial charge in [-0.1, -0.05) is 44.2 Å². The van der Waals surface area contributed by atoms with Crippen molar-refractivity contribution in [3.8, 4) is 11.3 Å². The predicted molar refractivity (Wildman–Crippen MR) is 121 cm³/mol. The highest BCUT2D eigenvalue weighted by atomic mass is 16.3. The average molecular weight is 383 g/mol. The Morgan fingerprint density at radius 2 is 1.79 bits per heavy atom. The van der Waals surface area contributed by atoms with Gasteiger partial charge in [-0.25, -0.2) is 4.57 Å². The molecule has 0 N–H and O–H groups in total. The van der Waals surface area contributed by atoms with Crippen LogP contribution >= 0.6 is 0 Å². The van der Waals surface area contributed by atoms with Gasteiger partial charge >= 0.3 is 0 Å². The highest BCUT2D eigenvalue weighted by molar-refractivity contribution is 6.15. The second kappa shape index (κ2) is 6.73. The first-order chi connectivity index (χ1) is 14.8. The Hall–Kier alpha value is -3.13. The number of nitrogens with zero attached hydrogens (tertiary/aromatic N) is 1. The largest absolute Gasteiger partial charge is 0.455 e. The minimum Gasteiger partial charge on any atom is -0.455 e. The third-order valence-electron chi connectivity index (χ3n) is 5.59. The lowest BCUT2D eigenvalue weighted by Gasteiger charge is -2.08. The van der Waals surface area contributed by atoms with E-state index in [1.807, 2.05) is 51.4 Å². The van der Waals surface area contributed by atoms with Crippen LogP contribution in [0.1, 0.15) is 27.7 Å². The fourth-order valence-electron chi connectivity index (χ4n) is 4.19. The molecule has 5 aromatic rings. The Balaban J connectivity index is 1.77. The predicted octanol–water partition coefficient (Wildman–Crippen LogP) is 6.74. The van der Waals surface area contributed by atoms with Gasteiger partial charge in [0.2, 0.25) is 5.69 Å². The first kappa shape index (κ1) is 15.8. The topological polar surface area (TPSA) is 17.0 Å². The monoisotopic (exact) mass is 382 g/mol. The molecule has 0 aliphatic carbocycles. The standard InChI is InChI=1S/C27H26NO/c1-17(2)13-19-11-12-28(4)25(15-19)23-16-24-22-10-9-20-7-5-6-8-21(20)27(22)29-26(24)14-18(23)3/h5-12,14-17H,13H2,1-4H3/q+1/i13D2. The Bertz CT molecular complexity index is 1460. The zero-order chi connectivity index (χ0) is 21.9. The number of aryl methyl sites for hydroxylation is 2. The number of aromatic nitrogens is 1. The summed E-state index contributed by atoms with van der Waals surface area (Å²) in [7, 11) is 2.01. The van der Waals surface area contributed by atoms with Gasteiger partial charge in [-0.05, 0) is 53.9 Å². The third-order valence-corrected chi connectivity index (χ3v) is 5.59. The van der Waals surface area contributed by atoms with Crippen LogP contribution in [0.15, 0.2) is 71.3 Å². The highest BCUT2D eigenvalue weighted by Crippen LogP contribution is 2.37. The number of fused-ring (bicyclic) bond motifs is 5. The van der Waals surface area contributed by atoms with E-state index in [9.17, 15) is 0 Å². The lowest BCUT2D eigenvalue weighted by Crippen LogP contribution is -2.30. The Morgan fingerprint density at radius 3 is 2.62 bits per heavy atom. The molecule has 0 unspecified atom stereocenters. The van der Waals surface area contributed by atoms with Crippen LogP contribution in [0.5, 0.6) is 0 Å². The molecule has 2 heterocycles. The maximum atomic E-state index is 8.54. The van der Waals surface area contributed by atoms with Crippen LogP contribution in [0.4, 0.5) is 0 Å². The Kier molecular flexibility index (Phi) is 3.66. The summed E-state index contributed by atoms with van der Waals surface area (Å²) in [6.45, 7) is 5.93. The molecule has 2 heteroatoms. The second-order valence-corrected chi connectivity index (χ2v) is 8.14. The minimum absolute atomic E-state index is 0.109. The molecule has 29 heavy (non-hydrogen) atoms. The molecule has 3 aromatic carbocycles. The molecule has 0 spiro atoms. The summed E-state index contributed by atoms with van der Waals surface area (Å²) in [4.78, 5) is 0. The van der Waals surface area contributed by atoms with Crippen LogP contribution in [-0.2, 0) is 13.4 Å². The van der Waals surface area contributed by atoms with Crippen molar-refractivity contribution in [2.75, 3.05) is 0 Å². The Morgan fingerprint density at radius 1 is 0.966 bits per heavy atom. The van der Waals surface area contributed by atoms with Crippen molar-refractivity contribution in [3.63, 3.8) is 0 Å². The molecular formula is C27H26NO+. The minimum atomic E-state index is -1.39. The molecule has 0 saturated heterocycles. The number of hydrogen-bond donors (Lipinski definition) is 0. The summed E-state index contributed by atoms with van der Waals surface area (Å²) >= 11 is 0. The van der Waals surface area contributed by atoms with Gasteiger partial charge in [0.05, 0.1) is 0 Å². The summed E-state index contributed by atoms with van der Waals surface area (Å²) in [5, 5.41) is 4.47. The van der Waals surface area contributed by atoms with Crippen molar-refractivity contribution < 1.29 is 11.7 Å². The van der Waals surface area contributed by atoms with E-state index in [0.29, 0.717) is 5.56 Å². The van der Waals surface area contributed by atoms with Crippen molar-refractivity contribution in [1.82, 2.24) is 0 Å². The first-order valence-electron chi connectivity index (χ1n) is 11.1. The first-order valence-corrected chi connectivity index (χ1v) is 10.1. The molecule has 2 aromatic heterocycles. The summed E-state index contributed by atoms with van der Waals surface area (Å²) in [5.74, 6) is -0.109. The molecule has 0 saturated carbocycles. The van der Waals surface area contributed by atoms with Crippen LogP contribution in [0.2, 0.25) is 0 Å². The zero-order valence-corrected chi connectivity index (χ0v) is 17.3. The molecule has 0 amide bonds. The molecule has 0 radical (unpaired) electrons. The van der Waals surface area contributed by atoms with Crippen molar-refractivity contribution in [3.05, 3.63) is 78.0 Å². The molecule has 2 nitrogen and oxygen atoms in total. The van der Waals surface area contributed by atoms with Gasteiger partial charge < -0.3 is 4.42 Å². The molecule has 0 fully saturated rings. The molecule has 0 aliphatic rings. The van der Waals surface area contributed by atoms with Crippen LogP contribution in [0.3, 0.4) is 0 Å². The number of rotatable bonds is 3. The summed E-state index contributed by atoms with van der Waals surface area (Å²) in [5.41, 5.74) is 5.69. The molecule has 0 atom stereocenters. The fourth-order valence-corrected chi connectivity index (χ4v) is 4.19. The van der Waals surface area contributed by atoms with Gasteiger partial charge in [0.15, 0.2) is 6.20 Å². The normalized spacial score (nSPS) is 13.4. The van der Waals surface area contributed by atoms with Gasteiger partial charge in [0.25, 0.3) is 0 Å². The number of pyridine rings is 1. The molecule has 0 bridgehead atoms. The van der Waals surface area contributed by atoms with Gasteiger partial charge in [0.1, 0.15) is 18.2 Å². The Labute approximate surface area is 174 Å². The zero-order valence-electron chi connectivity index (χ0n) is 19.3. The van der Waals surface area contributed by atoms with E-state index in [1.54, 1.807) is 0 Å². The van der Waals surface area contributed by atoms with Crippen molar-refractivity contribution in [2.24, 2.45) is 13.0 Å². The number of furan rings is 1. The lowest BCUT2D eigenvalue weighted by atomic mass is 9.97. The second-order valence-electron chi connectivity index (χ2n) is 8.14. The van der Waals surface area contributed by atoms with Crippen LogP contribution in [0, 0.1) is 12.8 Å². The van der Waals surface area contributed by atoms with Crippen LogP contribution in [-0.4, -0.2) is 0 Å². The van der Waals surface area contributed by atoms with Crippen molar-refractivity contribution in [1.29, 1.82) is 0 Å². The number of hydrogen-bond acceptors (Lipinski definition) is 1. The van der Waals surface area contributed by atoms with Gasteiger partial charge in [-0.2, -0.15) is 0 Å². The molecule has 5 rings (SSSR count). The molecule has 144 valence electrons. The van der Waals surface area contributed by atoms with Crippen molar-refractivity contribution in [2.45, 2.75) is 27.1 Å². The summed E-state index contributed by atoms with van der Waals surface area (Å²) < 4.78 is 25.4. The SMILES string of the molecule is [2H]C([2H])(c1cc[n+](C)c(-c2cc3c(cc2C)oc2c4ccccc4ccc32)c1)C(C)C. The average Bonchev–Trinajstić information content (AvgIpc) is 3.11. The van der Waals surface area contributed by atoms with E-state index >= 15 is 0 Å². The lowest BCUT2D eigenvalue weighted by molar-refractivity contribution is -0.660. The molecule has 0 aliphatic heterocycles. The summed E-state index contributed by atoms with van der Waals surface area (Å²) in [6, 6.07) is 20.7. The van der Waals surface area contributed by atoms with Crippen LogP contribution in [0.25, 0.3) is 44.0 Å². The van der Waals surface area contributed by atoms with E-state index in [-0.39, 0.29) is 5.92 Å². The maximum absolute atomic E-state index is 8.54. The highest BCUT2D eigenvalue weighted by Gasteiger charge is 2.18. The van der Waals surface area contributed by atoms with Gasteiger partial charge in [-0.3, -0.25) is 0 Å². The smallest absolute Gasteiger partial charge is 0.212 e. The maximum Gasteiger partial charge on any atom is 0.212 e. The van der Waals surface area contributed by atoms with E-state index in [4.69, 9.17) is 7.16 Å². The quantitative estimate of drug-likeness (QED) is 0.316. The van der Waals surface area contributed by atoms with Crippen LogP contribution < -0.4 is 4.57 Å². The van der Waals surface area contributed by atoms with Gasteiger partial charge in [0, 0.05) is 36.6 Å². The van der Waals surface area contributed by atoms with Gasteiger partial charge in [-0.15, -0.1) is 0 Å². The van der Waals surface area contributed by atoms with E-state index in [0.717, 1.165) is 44.1 Å².